The van der Waals surface area contributed by atoms with Gasteiger partial charge in [0.1, 0.15) is 5.71 Å². The third kappa shape index (κ3) is 3.89. The summed E-state index contributed by atoms with van der Waals surface area (Å²) < 4.78 is 5.06. The SMILES string of the molecule is Cc1nc(C(C)(C)NC(=O)C2=NN(c3ccccc3)C(c3ccccc3)C2)no1. The van der Waals surface area contributed by atoms with E-state index in [1.165, 1.54) is 0 Å². The summed E-state index contributed by atoms with van der Waals surface area (Å²) in [6.07, 6.45) is 0.506. The van der Waals surface area contributed by atoms with E-state index < -0.39 is 5.54 Å². The molecule has 1 aliphatic rings. The fraction of sp³-hybridized carbons (Fsp3) is 0.273. The van der Waals surface area contributed by atoms with Crippen molar-refractivity contribution in [2.24, 2.45) is 5.10 Å². The maximum atomic E-state index is 13.0. The zero-order chi connectivity index (χ0) is 20.4. The minimum absolute atomic E-state index is 0.0464. The van der Waals surface area contributed by atoms with Crippen molar-refractivity contribution < 1.29 is 9.32 Å². The first-order chi connectivity index (χ1) is 13.9. The predicted molar refractivity (Wildman–Crippen MR) is 110 cm³/mol. The van der Waals surface area contributed by atoms with E-state index in [2.05, 4.69) is 32.7 Å². The molecule has 1 amide bonds. The number of hydrogen-bond donors (Lipinski definition) is 1. The third-order valence-corrected chi connectivity index (χ3v) is 4.89. The number of carbonyl (C=O) groups is 1. The highest BCUT2D eigenvalue weighted by Crippen LogP contribution is 2.35. The van der Waals surface area contributed by atoms with Gasteiger partial charge in [0.2, 0.25) is 5.89 Å². The smallest absolute Gasteiger partial charge is 0.268 e. The molecule has 1 N–H and O–H groups in total. The number of hydrogen-bond acceptors (Lipinski definition) is 6. The largest absolute Gasteiger partial charge is 0.340 e. The van der Waals surface area contributed by atoms with E-state index in [1.54, 1.807) is 6.92 Å². The highest BCUT2D eigenvalue weighted by Gasteiger charge is 2.35. The summed E-state index contributed by atoms with van der Waals surface area (Å²) in [6, 6.07) is 19.9. The van der Waals surface area contributed by atoms with Gasteiger partial charge in [-0.3, -0.25) is 9.80 Å². The van der Waals surface area contributed by atoms with Gasteiger partial charge in [-0.2, -0.15) is 10.1 Å². The Morgan fingerprint density at radius 1 is 1.10 bits per heavy atom. The number of nitrogens with one attached hydrogen (secondary N) is 1. The molecule has 7 nitrogen and oxygen atoms in total. The molecule has 0 radical (unpaired) electrons. The number of rotatable bonds is 5. The molecule has 1 unspecified atom stereocenters. The van der Waals surface area contributed by atoms with Crippen LogP contribution in [0.15, 0.2) is 70.3 Å². The van der Waals surface area contributed by atoms with Crippen LogP contribution >= 0.6 is 0 Å². The molecule has 1 aliphatic heterocycles. The Morgan fingerprint density at radius 2 is 1.76 bits per heavy atom. The minimum Gasteiger partial charge on any atom is -0.340 e. The molecule has 2 heterocycles. The molecule has 0 aliphatic carbocycles. The lowest BCUT2D eigenvalue weighted by Crippen LogP contribution is -2.44. The van der Waals surface area contributed by atoms with Crippen molar-refractivity contribution in [1.82, 2.24) is 15.5 Å². The molecule has 1 aromatic heterocycles. The summed E-state index contributed by atoms with van der Waals surface area (Å²) in [7, 11) is 0. The van der Waals surface area contributed by atoms with Crippen LogP contribution in [0.5, 0.6) is 0 Å². The molecule has 0 spiro atoms. The van der Waals surface area contributed by atoms with Crippen LogP contribution in [0.2, 0.25) is 0 Å². The first-order valence-corrected chi connectivity index (χ1v) is 9.54. The minimum atomic E-state index is -0.778. The van der Waals surface area contributed by atoms with Crippen LogP contribution in [-0.2, 0) is 10.3 Å². The van der Waals surface area contributed by atoms with Gasteiger partial charge in [-0.05, 0) is 31.5 Å². The maximum absolute atomic E-state index is 13.0. The van der Waals surface area contributed by atoms with Gasteiger partial charge in [-0.15, -0.1) is 0 Å². The van der Waals surface area contributed by atoms with Crippen molar-refractivity contribution in [3.63, 3.8) is 0 Å². The fourth-order valence-corrected chi connectivity index (χ4v) is 3.37. The van der Waals surface area contributed by atoms with Crippen LogP contribution in [0.25, 0.3) is 0 Å². The molecule has 4 rings (SSSR count). The first-order valence-electron chi connectivity index (χ1n) is 9.54. The highest BCUT2D eigenvalue weighted by molar-refractivity contribution is 6.39. The Hall–Kier alpha value is -3.48. The molecule has 3 aromatic rings. The molecule has 7 heteroatoms. The highest BCUT2D eigenvalue weighted by atomic mass is 16.5. The first kappa shape index (κ1) is 18.9. The van der Waals surface area contributed by atoms with Gasteiger partial charge >= 0.3 is 0 Å². The van der Waals surface area contributed by atoms with Crippen molar-refractivity contribution in [2.75, 3.05) is 5.01 Å². The van der Waals surface area contributed by atoms with E-state index in [1.807, 2.05) is 67.4 Å². The summed E-state index contributed by atoms with van der Waals surface area (Å²) in [6.45, 7) is 5.40. The zero-order valence-electron chi connectivity index (χ0n) is 16.7. The van der Waals surface area contributed by atoms with Gasteiger partial charge in [-0.1, -0.05) is 53.7 Å². The predicted octanol–water partition coefficient (Wildman–Crippen LogP) is 3.74. The molecule has 1 atom stereocenters. The second-order valence-electron chi connectivity index (χ2n) is 7.57. The lowest BCUT2D eigenvalue weighted by molar-refractivity contribution is -0.116. The normalized spacial score (nSPS) is 16.6. The number of anilines is 1. The third-order valence-electron chi connectivity index (χ3n) is 4.89. The topological polar surface area (TPSA) is 83.6 Å². The van der Waals surface area contributed by atoms with Crippen LogP contribution in [0.4, 0.5) is 5.69 Å². The lowest BCUT2D eigenvalue weighted by Gasteiger charge is -2.23. The standard InChI is InChI=1S/C22H23N5O2/c1-15-23-21(26-29-15)22(2,3)24-20(28)18-14-19(16-10-6-4-7-11-16)27(25-18)17-12-8-5-9-13-17/h4-13,19H,14H2,1-3H3,(H,24,28). The molecule has 0 bridgehead atoms. The Kier molecular flexibility index (Phi) is 4.88. The molecular weight excluding hydrogens is 366 g/mol. The van der Waals surface area contributed by atoms with Crippen molar-refractivity contribution in [3.8, 4) is 0 Å². The van der Waals surface area contributed by atoms with Crippen LogP contribution in [0.3, 0.4) is 0 Å². The number of carbonyl (C=O) groups excluding carboxylic acids is 1. The van der Waals surface area contributed by atoms with Crippen molar-refractivity contribution in [1.29, 1.82) is 0 Å². The van der Waals surface area contributed by atoms with Gasteiger partial charge in [0.05, 0.1) is 17.3 Å². The summed E-state index contributed by atoms with van der Waals surface area (Å²) >= 11 is 0. The number of nitrogens with zero attached hydrogens (tertiary/aromatic N) is 4. The Bertz CT molecular complexity index is 1030. The number of hydrazone groups is 1. The summed E-state index contributed by atoms with van der Waals surface area (Å²) in [5, 5.41) is 13.5. The second kappa shape index (κ2) is 7.50. The van der Waals surface area contributed by atoms with Gasteiger partial charge in [-0.25, -0.2) is 0 Å². The maximum Gasteiger partial charge on any atom is 0.268 e. The van der Waals surface area contributed by atoms with Crippen LogP contribution < -0.4 is 10.3 Å². The van der Waals surface area contributed by atoms with E-state index in [0.717, 1.165) is 11.3 Å². The lowest BCUT2D eigenvalue weighted by atomic mass is 10.00. The van der Waals surface area contributed by atoms with E-state index in [9.17, 15) is 4.79 Å². The molecule has 148 valence electrons. The van der Waals surface area contributed by atoms with Crippen LogP contribution in [0, 0.1) is 6.92 Å². The zero-order valence-corrected chi connectivity index (χ0v) is 16.7. The van der Waals surface area contributed by atoms with Gasteiger partial charge < -0.3 is 9.84 Å². The summed E-state index contributed by atoms with van der Waals surface area (Å²) in [4.78, 5) is 17.3. The molecule has 0 saturated carbocycles. The monoisotopic (exact) mass is 389 g/mol. The van der Waals surface area contributed by atoms with E-state index >= 15 is 0 Å². The van der Waals surface area contributed by atoms with Gasteiger partial charge in [0.25, 0.3) is 5.91 Å². The van der Waals surface area contributed by atoms with E-state index in [-0.39, 0.29) is 11.9 Å². The quantitative estimate of drug-likeness (QED) is 0.719. The Morgan fingerprint density at radius 3 is 2.38 bits per heavy atom. The summed E-state index contributed by atoms with van der Waals surface area (Å²) in [5.41, 5.74) is 1.74. The van der Waals surface area contributed by atoms with Gasteiger partial charge in [0, 0.05) is 13.3 Å². The van der Waals surface area contributed by atoms with E-state index in [0.29, 0.717) is 23.8 Å². The number of amides is 1. The van der Waals surface area contributed by atoms with Crippen LogP contribution in [0.1, 0.15) is 43.6 Å². The molecule has 0 fully saturated rings. The molecule has 0 saturated heterocycles. The molecule has 2 aromatic carbocycles. The van der Waals surface area contributed by atoms with Crippen molar-refractivity contribution in [3.05, 3.63) is 77.9 Å². The average molecular weight is 389 g/mol. The molecular formula is C22H23N5O2. The average Bonchev–Trinajstić information content (AvgIpc) is 3.36. The van der Waals surface area contributed by atoms with Gasteiger partial charge in [0.15, 0.2) is 5.82 Å². The van der Waals surface area contributed by atoms with Crippen molar-refractivity contribution in [2.45, 2.75) is 38.8 Å². The fourth-order valence-electron chi connectivity index (χ4n) is 3.37. The van der Waals surface area contributed by atoms with Crippen LogP contribution in [-0.4, -0.2) is 21.8 Å². The number of benzene rings is 2. The second-order valence-corrected chi connectivity index (χ2v) is 7.57. The Balaban J connectivity index is 1.61. The van der Waals surface area contributed by atoms with E-state index in [4.69, 9.17) is 4.52 Å². The number of para-hydroxylation sites is 1. The Labute approximate surface area is 169 Å². The van der Waals surface area contributed by atoms with Crippen molar-refractivity contribution >= 4 is 17.3 Å². The summed E-state index contributed by atoms with van der Waals surface area (Å²) in [5.74, 6) is 0.651. The molecule has 29 heavy (non-hydrogen) atoms. The number of aromatic nitrogens is 2. The number of aryl methyl sites for hydroxylation is 1.